The van der Waals surface area contributed by atoms with Crippen LogP contribution in [0.3, 0.4) is 0 Å². The Balaban J connectivity index is 1.71. The molecule has 2 aromatic carbocycles. The molecule has 3 rings (SSSR count). The van der Waals surface area contributed by atoms with Crippen molar-refractivity contribution in [1.29, 1.82) is 0 Å². The van der Waals surface area contributed by atoms with Gasteiger partial charge in [-0.15, -0.1) is 0 Å². The molecular weight excluding hydrogens is 514 g/mol. The van der Waals surface area contributed by atoms with Crippen molar-refractivity contribution in [1.82, 2.24) is 4.31 Å². The van der Waals surface area contributed by atoms with Gasteiger partial charge in [-0.25, -0.2) is 17.5 Å². The van der Waals surface area contributed by atoms with E-state index >= 15 is 0 Å². The Kier molecular flexibility index (Phi) is 9.42. The molecule has 1 aliphatic carbocycles. The maximum Gasteiger partial charge on any atom is 0.421 e. The van der Waals surface area contributed by atoms with Gasteiger partial charge in [0, 0.05) is 29.5 Å². The number of sulfonamides is 1. The van der Waals surface area contributed by atoms with Gasteiger partial charge in [0.25, 0.3) is 10.0 Å². The molecule has 0 saturated carbocycles. The molecule has 1 unspecified atom stereocenters. The van der Waals surface area contributed by atoms with Gasteiger partial charge in [0.05, 0.1) is 11.5 Å². The monoisotopic (exact) mass is 547 g/mol. The lowest BCUT2D eigenvalue weighted by molar-refractivity contribution is -0.118. The average Bonchev–Trinajstić information content (AvgIpc) is 3.13. The number of allylic oxidation sites excluding steroid dienone is 2. The van der Waals surface area contributed by atoms with Crippen LogP contribution in [0.4, 0.5) is 4.79 Å². The molecule has 1 atom stereocenters. The molecular formula is C28H34ClNO6S. The molecule has 0 aromatic heterocycles. The predicted octanol–water partition coefficient (Wildman–Crippen LogP) is 5.97. The second-order valence-electron chi connectivity index (χ2n) is 10.0. The zero-order chi connectivity index (χ0) is 27.3. The smallest absolute Gasteiger partial charge is 0.421 e. The lowest BCUT2D eigenvalue weighted by Gasteiger charge is -2.19. The van der Waals surface area contributed by atoms with Gasteiger partial charge in [-0.1, -0.05) is 63.6 Å². The third-order valence-electron chi connectivity index (χ3n) is 6.23. The van der Waals surface area contributed by atoms with Crippen molar-refractivity contribution in [2.24, 2.45) is 17.8 Å². The molecule has 0 aliphatic heterocycles. The largest absolute Gasteiger partial charge is 0.497 e. The van der Waals surface area contributed by atoms with E-state index in [0.29, 0.717) is 34.7 Å². The van der Waals surface area contributed by atoms with Crippen molar-refractivity contribution in [3.05, 3.63) is 76.0 Å². The molecule has 200 valence electrons. The Morgan fingerprint density at radius 1 is 1.11 bits per heavy atom. The number of rotatable bonds is 11. The first-order chi connectivity index (χ1) is 17.4. The molecule has 1 amide bonds. The minimum atomic E-state index is -4.24. The highest BCUT2D eigenvalue weighted by Gasteiger charge is 2.36. The Hall–Kier alpha value is -2.84. The molecule has 0 heterocycles. The van der Waals surface area contributed by atoms with Gasteiger partial charge in [0.2, 0.25) is 0 Å². The van der Waals surface area contributed by atoms with E-state index in [1.165, 1.54) is 24.3 Å². The summed E-state index contributed by atoms with van der Waals surface area (Å²) >= 11 is 5.83. The van der Waals surface area contributed by atoms with Crippen LogP contribution in [-0.2, 0) is 32.4 Å². The lowest BCUT2D eigenvalue weighted by atomic mass is 9.91. The number of amides is 1. The first-order valence-electron chi connectivity index (χ1n) is 12.4. The zero-order valence-corrected chi connectivity index (χ0v) is 23.2. The molecule has 1 aliphatic rings. The molecule has 0 radical (unpaired) electrons. The molecule has 0 saturated heterocycles. The molecule has 2 aromatic rings. The van der Waals surface area contributed by atoms with Crippen LogP contribution in [0.15, 0.2) is 64.8 Å². The van der Waals surface area contributed by atoms with Crippen LogP contribution in [0.5, 0.6) is 0 Å². The van der Waals surface area contributed by atoms with Crippen LogP contribution >= 0.6 is 11.6 Å². The number of hydrogen-bond donors (Lipinski definition) is 1. The minimum Gasteiger partial charge on any atom is -0.497 e. The Morgan fingerprint density at radius 3 is 2.35 bits per heavy atom. The molecule has 0 spiro atoms. The standard InChI is InChI=1S/C28H34ClNO6S/c1-18(2)17-36-25-16-22(27(31)26(25)19(3)4)15-21-7-5-6-20(14-21)12-13-30(28(32)33)37(34,35)24-10-8-23(29)9-11-24/h5-11,14,18-19,22H,12-13,15-17H2,1-4H3,(H,32,33). The van der Waals surface area contributed by atoms with Gasteiger partial charge >= 0.3 is 6.09 Å². The molecule has 0 bridgehead atoms. The molecule has 37 heavy (non-hydrogen) atoms. The van der Waals surface area contributed by atoms with Crippen LogP contribution in [0.2, 0.25) is 5.02 Å². The summed E-state index contributed by atoms with van der Waals surface area (Å²) < 4.78 is 32.2. The van der Waals surface area contributed by atoms with E-state index in [1.807, 2.05) is 38.1 Å². The summed E-state index contributed by atoms with van der Waals surface area (Å²) in [6.45, 7) is 8.48. The number of carbonyl (C=O) groups is 2. The highest BCUT2D eigenvalue weighted by atomic mass is 35.5. The minimum absolute atomic E-state index is 0.0792. The van der Waals surface area contributed by atoms with Crippen molar-refractivity contribution in [2.45, 2.75) is 51.9 Å². The topological polar surface area (TPSA) is 101 Å². The van der Waals surface area contributed by atoms with Crippen molar-refractivity contribution in [2.75, 3.05) is 13.2 Å². The summed E-state index contributed by atoms with van der Waals surface area (Å²) in [5, 5.41) is 9.97. The zero-order valence-electron chi connectivity index (χ0n) is 21.6. The second kappa shape index (κ2) is 12.1. The van der Waals surface area contributed by atoms with Gasteiger partial charge in [0.1, 0.15) is 5.76 Å². The van der Waals surface area contributed by atoms with E-state index in [9.17, 15) is 23.1 Å². The summed E-state index contributed by atoms with van der Waals surface area (Å²) in [7, 11) is -4.24. The number of ether oxygens (including phenoxy) is 1. The fraction of sp³-hybridized carbons (Fsp3) is 0.429. The number of ketones is 1. The van der Waals surface area contributed by atoms with Gasteiger partial charge in [-0.05, 0) is 60.1 Å². The van der Waals surface area contributed by atoms with E-state index in [4.69, 9.17) is 16.3 Å². The number of hydrogen-bond acceptors (Lipinski definition) is 5. The third kappa shape index (κ3) is 7.14. The SMILES string of the molecule is CC(C)COC1=C(C(C)C)C(=O)C(Cc2cccc(CCN(C(=O)O)S(=O)(=O)c3ccc(Cl)cc3)c2)C1. The fourth-order valence-corrected chi connectivity index (χ4v) is 5.84. The molecule has 1 N–H and O–H groups in total. The highest BCUT2D eigenvalue weighted by molar-refractivity contribution is 7.89. The fourth-order valence-electron chi connectivity index (χ4n) is 4.44. The van der Waals surface area contributed by atoms with Gasteiger partial charge < -0.3 is 9.84 Å². The third-order valence-corrected chi connectivity index (χ3v) is 8.27. The summed E-state index contributed by atoms with van der Waals surface area (Å²) in [5.41, 5.74) is 2.49. The highest BCUT2D eigenvalue weighted by Crippen LogP contribution is 2.35. The molecule has 7 nitrogen and oxygen atoms in total. The molecule has 9 heteroatoms. The Bertz CT molecular complexity index is 1270. The van der Waals surface area contributed by atoms with E-state index in [2.05, 4.69) is 13.8 Å². The normalized spacial score (nSPS) is 16.1. The number of Topliss-reactive ketones (excluding diaryl/α,β-unsaturated/α-hetero) is 1. The van der Waals surface area contributed by atoms with Crippen molar-refractivity contribution >= 4 is 33.5 Å². The Labute approximate surface area is 224 Å². The number of halogens is 1. The predicted molar refractivity (Wildman–Crippen MR) is 143 cm³/mol. The van der Waals surface area contributed by atoms with Crippen LogP contribution in [0.25, 0.3) is 0 Å². The first-order valence-corrected chi connectivity index (χ1v) is 14.2. The summed E-state index contributed by atoms with van der Waals surface area (Å²) in [4.78, 5) is 24.8. The number of benzene rings is 2. The average molecular weight is 548 g/mol. The number of carbonyl (C=O) groups excluding carboxylic acids is 1. The van der Waals surface area contributed by atoms with E-state index in [1.54, 1.807) is 0 Å². The van der Waals surface area contributed by atoms with E-state index < -0.39 is 16.1 Å². The van der Waals surface area contributed by atoms with Crippen LogP contribution in [0, 0.1) is 17.8 Å². The van der Waals surface area contributed by atoms with Crippen LogP contribution in [-0.4, -0.2) is 42.9 Å². The summed E-state index contributed by atoms with van der Waals surface area (Å²) in [6.07, 6.45) is -0.258. The van der Waals surface area contributed by atoms with Crippen molar-refractivity contribution in [3.8, 4) is 0 Å². The maximum absolute atomic E-state index is 13.2. The first kappa shape index (κ1) is 28.7. The summed E-state index contributed by atoms with van der Waals surface area (Å²) in [5.74, 6) is 1.14. The maximum atomic E-state index is 13.2. The molecule has 0 fully saturated rings. The van der Waals surface area contributed by atoms with E-state index in [-0.39, 0.29) is 35.5 Å². The van der Waals surface area contributed by atoms with E-state index in [0.717, 1.165) is 22.5 Å². The summed E-state index contributed by atoms with van der Waals surface area (Å²) in [6, 6.07) is 12.9. The second-order valence-corrected chi connectivity index (χ2v) is 12.3. The Morgan fingerprint density at radius 2 is 1.76 bits per heavy atom. The van der Waals surface area contributed by atoms with Crippen LogP contribution < -0.4 is 0 Å². The van der Waals surface area contributed by atoms with Crippen LogP contribution in [0.1, 0.15) is 45.2 Å². The number of nitrogens with zero attached hydrogens (tertiary/aromatic N) is 1. The van der Waals surface area contributed by atoms with Gasteiger partial charge in [0.15, 0.2) is 5.78 Å². The quantitative estimate of drug-likeness (QED) is 0.372. The lowest BCUT2D eigenvalue weighted by Crippen LogP contribution is -2.37. The van der Waals surface area contributed by atoms with Gasteiger partial charge in [-0.3, -0.25) is 4.79 Å². The van der Waals surface area contributed by atoms with Crippen molar-refractivity contribution in [3.63, 3.8) is 0 Å². The number of carboxylic acid groups (broad SMARTS) is 1. The van der Waals surface area contributed by atoms with Gasteiger partial charge in [-0.2, -0.15) is 0 Å². The van der Waals surface area contributed by atoms with Crippen molar-refractivity contribution < 1.29 is 27.9 Å².